The summed E-state index contributed by atoms with van der Waals surface area (Å²) in [5.41, 5.74) is 1.99. The van der Waals surface area contributed by atoms with Crippen LogP contribution in [0, 0.1) is 0 Å². The third kappa shape index (κ3) is 3.46. The molecule has 1 aromatic carbocycles. The summed E-state index contributed by atoms with van der Waals surface area (Å²) in [6, 6.07) is 13.0. The predicted octanol–water partition coefficient (Wildman–Crippen LogP) is 1.84. The molecule has 1 saturated heterocycles. The average molecular weight is 309 g/mol. The Hall–Kier alpha value is -2.53. The summed E-state index contributed by atoms with van der Waals surface area (Å²) >= 11 is 0. The molecule has 0 bridgehead atoms. The van der Waals surface area contributed by atoms with Gasteiger partial charge in [-0.1, -0.05) is 36.4 Å². The van der Waals surface area contributed by atoms with Crippen molar-refractivity contribution in [3.05, 3.63) is 66.0 Å². The lowest BCUT2D eigenvalue weighted by atomic mass is 10.2. The molecule has 0 unspecified atom stereocenters. The predicted molar refractivity (Wildman–Crippen MR) is 86.1 cm³/mol. The molecular formula is C18H19N3O2. The lowest BCUT2D eigenvalue weighted by molar-refractivity contribution is -0.140. The molecule has 0 saturated carbocycles. The molecule has 3 rings (SSSR count). The molecule has 1 atom stereocenters. The van der Waals surface area contributed by atoms with Crippen molar-refractivity contribution in [3.8, 4) is 0 Å². The van der Waals surface area contributed by atoms with E-state index in [1.165, 1.54) is 4.90 Å². The molecule has 0 spiro atoms. The van der Waals surface area contributed by atoms with E-state index in [-0.39, 0.29) is 18.2 Å². The zero-order valence-corrected chi connectivity index (χ0v) is 13.1. The van der Waals surface area contributed by atoms with E-state index >= 15 is 0 Å². The van der Waals surface area contributed by atoms with Gasteiger partial charge in [-0.15, -0.1) is 0 Å². The summed E-state index contributed by atoms with van der Waals surface area (Å²) in [5, 5.41) is 0. The van der Waals surface area contributed by atoms with Gasteiger partial charge in [-0.3, -0.25) is 24.4 Å². The van der Waals surface area contributed by atoms with Gasteiger partial charge in [0.15, 0.2) is 0 Å². The van der Waals surface area contributed by atoms with E-state index in [1.54, 1.807) is 12.4 Å². The van der Waals surface area contributed by atoms with Gasteiger partial charge in [-0.25, -0.2) is 0 Å². The second-order valence-corrected chi connectivity index (χ2v) is 5.80. The molecular weight excluding hydrogens is 290 g/mol. The molecule has 0 radical (unpaired) electrons. The average Bonchev–Trinajstić information content (AvgIpc) is 2.85. The molecule has 1 aliphatic heterocycles. The number of amides is 2. The first-order chi connectivity index (χ1) is 11.1. The number of carbonyl (C=O) groups is 2. The monoisotopic (exact) mass is 309 g/mol. The lowest BCUT2D eigenvalue weighted by Gasteiger charge is -2.22. The molecule has 0 aliphatic carbocycles. The number of likely N-dealkylation sites (N-methyl/N-ethyl adjacent to an activating group) is 1. The standard InChI is InChI=1S/C18H19N3O2/c1-20(12-15-8-5-9-19-11-15)16-10-17(22)21(18(16)23)13-14-6-3-2-4-7-14/h2-9,11,16H,10,12-13H2,1H3/t16-/m1/s1. The van der Waals surface area contributed by atoms with E-state index < -0.39 is 6.04 Å². The van der Waals surface area contributed by atoms with E-state index in [1.807, 2.05) is 54.4 Å². The molecule has 1 aromatic heterocycles. The highest BCUT2D eigenvalue weighted by Gasteiger charge is 2.40. The van der Waals surface area contributed by atoms with Gasteiger partial charge in [-0.05, 0) is 24.2 Å². The quantitative estimate of drug-likeness (QED) is 0.791. The second-order valence-electron chi connectivity index (χ2n) is 5.80. The highest BCUT2D eigenvalue weighted by molar-refractivity contribution is 6.05. The van der Waals surface area contributed by atoms with Crippen molar-refractivity contribution < 1.29 is 9.59 Å². The van der Waals surface area contributed by atoms with Crippen LogP contribution in [-0.2, 0) is 22.7 Å². The maximum absolute atomic E-state index is 12.6. The molecule has 23 heavy (non-hydrogen) atoms. The van der Waals surface area contributed by atoms with Crippen LogP contribution in [0.5, 0.6) is 0 Å². The summed E-state index contributed by atoms with van der Waals surface area (Å²) < 4.78 is 0. The van der Waals surface area contributed by atoms with Gasteiger partial charge >= 0.3 is 0 Å². The van der Waals surface area contributed by atoms with Gasteiger partial charge in [-0.2, -0.15) is 0 Å². The first-order valence-electron chi connectivity index (χ1n) is 7.62. The van der Waals surface area contributed by atoms with Gasteiger partial charge in [0.25, 0.3) is 0 Å². The van der Waals surface area contributed by atoms with Crippen LogP contribution in [-0.4, -0.2) is 39.7 Å². The summed E-state index contributed by atoms with van der Waals surface area (Å²) in [4.78, 5) is 32.2. The first kappa shape index (κ1) is 15.4. The minimum absolute atomic E-state index is 0.109. The summed E-state index contributed by atoms with van der Waals surface area (Å²) in [7, 11) is 1.87. The molecule has 5 heteroatoms. The van der Waals surface area contributed by atoms with Gasteiger partial charge in [0, 0.05) is 18.9 Å². The van der Waals surface area contributed by atoms with E-state index in [0.717, 1.165) is 11.1 Å². The molecule has 118 valence electrons. The van der Waals surface area contributed by atoms with E-state index in [2.05, 4.69) is 4.98 Å². The van der Waals surface area contributed by atoms with Crippen molar-refractivity contribution in [3.63, 3.8) is 0 Å². The van der Waals surface area contributed by atoms with Crippen molar-refractivity contribution in [2.75, 3.05) is 7.05 Å². The highest BCUT2D eigenvalue weighted by atomic mass is 16.2. The van der Waals surface area contributed by atoms with Crippen LogP contribution in [0.15, 0.2) is 54.9 Å². The number of nitrogens with zero attached hydrogens (tertiary/aromatic N) is 3. The molecule has 1 fully saturated rings. The lowest BCUT2D eigenvalue weighted by Crippen LogP contribution is -2.39. The Bertz CT molecular complexity index is 688. The number of pyridine rings is 1. The Labute approximate surface area is 135 Å². The molecule has 2 aromatic rings. The Morgan fingerprint density at radius 2 is 1.87 bits per heavy atom. The van der Waals surface area contributed by atoms with Crippen molar-refractivity contribution >= 4 is 11.8 Å². The molecule has 0 N–H and O–H groups in total. The van der Waals surface area contributed by atoms with Crippen LogP contribution in [0.3, 0.4) is 0 Å². The number of carbonyl (C=O) groups excluding carboxylic acids is 2. The summed E-state index contributed by atoms with van der Waals surface area (Å²) in [6.45, 7) is 0.937. The third-order valence-corrected chi connectivity index (χ3v) is 4.09. The largest absolute Gasteiger partial charge is 0.290 e. The smallest absolute Gasteiger partial charge is 0.247 e. The van der Waals surface area contributed by atoms with Crippen LogP contribution in [0.1, 0.15) is 17.5 Å². The Morgan fingerprint density at radius 3 is 2.57 bits per heavy atom. The van der Waals surface area contributed by atoms with Crippen LogP contribution < -0.4 is 0 Å². The minimum atomic E-state index is -0.397. The van der Waals surface area contributed by atoms with E-state index in [0.29, 0.717) is 13.1 Å². The maximum atomic E-state index is 12.6. The van der Waals surface area contributed by atoms with E-state index in [4.69, 9.17) is 0 Å². The normalized spacial score (nSPS) is 18.0. The number of rotatable bonds is 5. The van der Waals surface area contributed by atoms with E-state index in [9.17, 15) is 9.59 Å². The summed E-state index contributed by atoms with van der Waals surface area (Å²) in [6.07, 6.45) is 3.73. The van der Waals surface area contributed by atoms with Crippen molar-refractivity contribution in [1.82, 2.24) is 14.8 Å². The number of hydrogen-bond donors (Lipinski definition) is 0. The number of aromatic nitrogens is 1. The fourth-order valence-electron chi connectivity index (χ4n) is 2.83. The van der Waals surface area contributed by atoms with Crippen molar-refractivity contribution in [1.29, 1.82) is 0 Å². The van der Waals surface area contributed by atoms with Gasteiger partial charge in [0.05, 0.1) is 19.0 Å². The number of hydrogen-bond acceptors (Lipinski definition) is 4. The van der Waals surface area contributed by atoms with Crippen molar-refractivity contribution in [2.24, 2.45) is 0 Å². The van der Waals surface area contributed by atoms with Crippen LogP contribution in [0.4, 0.5) is 0 Å². The Kier molecular flexibility index (Phi) is 4.48. The number of benzene rings is 1. The van der Waals surface area contributed by atoms with Crippen LogP contribution >= 0.6 is 0 Å². The minimum Gasteiger partial charge on any atom is -0.290 e. The first-order valence-corrected chi connectivity index (χ1v) is 7.62. The molecule has 2 heterocycles. The van der Waals surface area contributed by atoms with Gasteiger partial charge in [0.1, 0.15) is 0 Å². The summed E-state index contributed by atoms with van der Waals surface area (Å²) in [5.74, 6) is -0.230. The van der Waals surface area contributed by atoms with Crippen LogP contribution in [0.25, 0.3) is 0 Å². The van der Waals surface area contributed by atoms with Crippen LogP contribution in [0.2, 0.25) is 0 Å². The zero-order chi connectivity index (χ0) is 16.2. The maximum Gasteiger partial charge on any atom is 0.247 e. The van der Waals surface area contributed by atoms with Gasteiger partial charge in [0.2, 0.25) is 11.8 Å². The molecule has 5 nitrogen and oxygen atoms in total. The number of likely N-dealkylation sites (tertiary alicyclic amines) is 1. The topological polar surface area (TPSA) is 53.5 Å². The SMILES string of the molecule is CN(Cc1cccnc1)[C@@H]1CC(=O)N(Cc2ccccc2)C1=O. The Balaban J connectivity index is 1.68. The highest BCUT2D eigenvalue weighted by Crippen LogP contribution is 2.21. The number of imide groups is 1. The fraction of sp³-hybridized carbons (Fsp3) is 0.278. The third-order valence-electron chi connectivity index (χ3n) is 4.09. The zero-order valence-electron chi connectivity index (χ0n) is 13.1. The molecule has 2 amide bonds. The Morgan fingerprint density at radius 1 is 1.13 bits per heavy atom. The molecule has 1 aliphatic rings. The van der Waals surface area contributed by atoms with Crippen molar-refractivity contribution in [2.45, 2.75) is 25.6 Å². The fourth-order valence-corrected chi connectivity index (χ4v) is 2.83. The second kappa shape index (κ2) is 6.71. The van der Waals surface area contributed by atoms with Gasteiger partial charge < -0.3 is 0 Å².